The molecule has 1 unspecified atom stereocenters. The standard InChI is InChI=1S/C25H30FN5O5S2/c1-18(15-35-2)31-23(16-36-22-8-4-3-7-21(22)26)28-29-25(31)37-17-24(32)27-19-9-11-20(12-10-19)38(33,34)30-13-5-6-14-30/h3-4,7-12,18H,5-6,13-17H2,1-2H3,(H,27,32). The molecule has 0 radical (unpaired) electrons. The van der Waals surface area contributed by atoms with Crippen LogP contribution >= 0.6 is 11.8 Å². The lowest BCUT2D eigenvalue weighted by atomic mass is 10.3. The molecule has 0 bridgehead atoms. The lowest BCUT2D eigenvalue weighted by Gasteiger charge is -2.17. The van der Waals surface area contributed by atoms with Gasteiger partial charge in [0, 0.05) is 25.9 Å². The van der Waals surface area contributed by atoms with E-state index in [9.17, 15) is 17.6 Å². The highest BCUT2D eigenvalue weighted by Gasteiger charge is 2.27. The van der Waals surface area contributed by atoms with Gasteiger partial charge in [0.1, 0.15) is 6.61 Å². The number of carbonyl (C=O) groups is 1. The molecule has 1 fully saturated rings. The minimum absolute atomic E-state index is 0.0125. The molecule has 1 amide bonds. The Bertz CT molecular complexity index is 1340. The Morgan fingerprint density at radius 1 is 1.13 bits per heavy atom. The fourth-order valence-corrected chi connectivity index (χ4v) is 6.45. The molecule has 0 spiro atoms. The third kappa shape index (κ3) is 6.70. The Hall–Kier alpha value is -3.00. The summed E-state index contributed by atoms with van der Waals surface area (Å²) in [7, 11) is -1.93. The summed E-state index contributed by atoms with van der Waals surface area (Å²) < 4.78 is 53.5. The molecular formula is C25H30FN5O5S2. The number of hydrogen-bond donors (Lipinski definition) is 1. The number of nitrogens with one attached hydrogen (secondary N) is 1. The summed E-state index contributed by atoms with van der Waals surface area (Å²) >= 11 is 1.19. The second-order valence-corrected chi connectivity index (χ2v) is 11.6. The van der Waals surface area contributed by atoms with Gasteiger partial charge >= 0.3 is 0 Å². The predicted octanol–water partition coefficient (Wildman–Crippen LogP) is 3.72. The molecule has 0 saturated carbocycles. The third-order valence-corrected chi connectivity index (χ3v) is 8.81. The first-order valence-electron chi connectivity index (χ1n) is 12.1. The third-order valence-electron chi connectivity index (χ3n) is 5.95. The van der Waals surface area contributed by atoms with E-state index in [1.54, 1.807) is 35.9 Å². The van der Waals surface area contributed by atoms with Crippen molar-refractivity contribution in [3.8, 4) is 5.75 Å². The number of ether oxygens (including phenoxy) is 2. The van der Waals surface area contributed by atoms with Gasteiger partial charge < -0.3 is 14.8 Å². The second kappa shape index (κ2) is 12.7. The Morgan fingerprint density at radius 3 is 2.53 bits per heavy atom. The lowest BCUT2D eigenvalue weighted by molar-refractivity contribution is -0.113. The summed E-state index contributed by atoms with van der Waals surface area (Å²) in [5.41, 5.74) is 0.490. The molecule has 13 heteroatoms. The molecule has 1 aliphatic heterocycles. The monoisotopic (exact) mass is 563 g/mol. The van der Waals surface area contributed by atoms with Crippen LogP contribution in [0.1, 0.15) is 31.6 Å². The van der Waals surface area contributed by atoms with Crippen molar-refractivity contribution in [1.82, 2.24) is 19.1 Å². The van der Waals surface area contributed by atoms with Crippen molar-refractivity contribution in [1.29, 1.82) is 0 Å². The molecule has 38 heavy (non-hydrogen) atoms. The number of hydrogen-bond acceptors (Lipinski definition) is 8. The number of nitrogens with zero attached hydrogens (tertiary/aromatic N) is 4. The summed E-state index contributed by atoms with van der Waals surface area (Å²) in [6, 6.07) is 12.1. The first-order valence-corrected chi connectivity index (χ1v) is 14.5. The topological polar surface area (TPSA) is 116 Å². The Labute approximate surface area is 225 Å². The summed E-state index contributed by atoms with van der Waals surface area (Å²) in [5, 5.41) is 11.7. The molecule has 3 aromatic rings. The minimum Gasteiger partial charge on any atom is -0.483 e. The van der Waals surface area contributed by atoms with Gasteiger partial charge in [0.15, 0.2) is 22.5 Å². The van der Waals surface area contributed by atoms with Crippen LogP contribution in [-0.2, 0) is 26.2 Å². The Morgan fingerprint density at radius 2 is 1.84 bits per heavy atom. The van der Waals surface area contributed by atoms with Gasteiger partial charge in [-0.1, -0.05) is 23.9 Å². The van der Waals surface area contributed by atoms with Crippen molar-refractivity contribution in [3.05, 3.63) is 60.2 Å². The molecule has 1 N–H and O–H groups in total. The summed E-state index contributed by atoms with van der Waals surface area (Å²) in [6.45, 7) is 3.34. The first-order chi connectivity index (χ1) is 18.3. The van der Waals surface area contributed by atoms with Crippen LogP contribution in [0.4, 0.5) is 10.1 Å². The first kappa shape index (κ1) is 28.0. The maximum atomic E-state index is 13.9. The molecule has 1 aliphatic rings. The van der Waals surface area contributed by atoms with E-state index in [0.717, 1.165) is 12.8 Å². The smallest absolute Gasteiger partial charge is 0.243 e. The summed E-state index contributed by atoms with van der Waals surface area (Å²) in [4.78, 5) is 12.8. The number of aromatic nitrogens is 3. The maximum absolute atomic E-state index is 13.9. The minimum atomic E-state index is -3.51. The molecule has 2 heterocycles. The zero-order chi connectivity index (χ0) is 27.1. The van der Waals surface area contributed by atoms with Crippen LogP contribution in [0.25, 0.3) is 0 Å². The van der Waals surface area contributed by atoms with Crippen LogP contribution in [0.3, 0.4) is 0 Å². The van der Waals surface area contributed by atoms with E-state index < -0.39 is 15.8 Å². The van der Waals surface area contributed by atoms with E-state index in [1.807, 2.05) is 6.92 Å². The van der Waals surface area contributed by atoms with Gasteiger partial charge in [0.05, 0.1) is 23.3 Å². The number of halogens is 1. The number of anilines is 1. The molecule has 2 aromatic carbocycles. The van der Waals surface area contributed by atoms with E-state index >= 15 is 0 Å². The maximum Gasteiger partial charge on any atom is 0.243 e. The van der Waals surface area contributed by atoms with Crippen LogP contribution < -0.4 is 10.1 Å². The Kier molecular flexibility index (Phi) is 9.36. The number of para-hydroxylation sites is 1. The van der Waals surface area contributed by atoms with Crippen molar-refractivity contribution in [2.75, 3.05) is 37.9 Å². The average Bonchev–Trinajstić information content (AvgIpc) is 3.58. The second-order valence-electron chi connectivity index (χ2n) is 8.76. The number of amides is 1. The van der Waals surface area contributed by atoms with Crippen LogP contribution in [0.2, 0.25) is 0 Å². The van der Waals surface area contributed by atoms with E-state index in [1.165, 1.54) is 40.3 Å². The van der Waals surface area contributed by atoms with Crippen molar-refractivity contribution < 1.29 is 27.1 Å². The SMILES string of the molecule is COCC(C)n1c(COc2ccccc2F)nnc1SCC(=O)Nc1ccc(S(=O)(=O)N2CCCC2)cc1. The number of benzene rings is 2. The summed E-state index contributed by atoms with van der Waals surface area (Å²) in [6.07, 6.45) is 1.73. The van der Waals surface area contributed by atoms with E-state index in [2.05, 4.69) is 15.5 Å². The fourth-order valence-electron chi connectivity index (χ4n) is 4.08. The molecule has 204 valence electrons. The molecule has 10 nitrogen and oxygen atoms in total. The number of sulfonamides is 1. The van der Waals surface area contributed by atoms with Gasteiger partial charge in [-0.2, -0.15) is 4.31 Å². The van der Waals surface area contributed by atoms with Crippen LogP contribution in [-0.4, -0.2) is 66.0 Å². The average molecular weight is 564 g/mol. The van der Waals surface area contributed by atoms with Crippen molar-refractivity contribution in [2.45, 2.75) is 42.5 Å². The van der Waals surface area contributed by atoms with Gasteiger partial charge in [0.25, 0.3) is 0 Å². The number of carbonyl (C=O) groups excluding carboxylic acids is 1. The fraction of sp³-hybridized carbons (Fsp3) is 0.400. The normalized spacial score (nSPS) is 14.9. The van der Waals surface area contributed by atoms with Gasteiger partial charge in [-0.05, 0) is 56.2 Å². The number of methoxy groups -OCH3 is 1. The lowest BCUT2D eigenvalue weighted by Crippen LogP contribution is -2.27. The van der Waals surface area contributed by atoms with Crippen LogP contribution in [0.15, 0.2) is 58.6 Å². The number of rotatable bonds is 12. The molecule has 4 rings (SSSR count). The highest BCUT2D eigenvalue weighted by atomic mass is 32.2. The zero-order valence-electron chi connectivity index (χ0n) is 21.2. The quantitative estimate of drug-likeness (QED) is 0.332. The van der Waals surface area contributed by atoms with Crippen molar-refractivity contribution in [3.63, 3.8) is 0 Å². The van der Waals surface area contributed by atoms with Crippen molar-refractivity contribution in [2.24, 2.45) is 0 Å². The van der Waals surface area contributed by atoms with Gasteiger partial charge in [-0.3, -0.25) is 9.36 Å². The van der Waals surface area contributed by atoms with Gasteiger partial charge in [-0.15, -0.1) is 10.2 Å². The molecular weight excluding hydrogens is 533 g/mol. The van der Waals surface area contributed by atoms with Crippen LogP contribution in [0, 0.1) is 5.82 Å². The molecule has 1 aromatic heterocycles. The van der Waals surface area contributed by atoms with E-state index in [4.69, 9.17) is 9.47 Å². The highest BCUT2D eigenvalue weighted by Crippen LogP contribution is 2.25. The Balaban J connectivity index is 1.38. The molecule has 0 aliphatic carbocycles. The van der Waals surface area contributed by atoms with Crippen LogP contribution in [0.5, 0.6) is 5.75 Å². The summed E-state index contributed by atoms with van der Waals surface area (Å²) in [5.74, 6) is -0.149. The largest absolute Gasteiger partial charge is 0.483 e. The predicted molar refractivity (Wildman–Crippen MR) is 141 cm³/mol. The number of thioether (sulfide) groups is 1. The highest BCUT2D eigenvalue weighted by molar-refractivity contribution is 7.99. The van der Waals surface area contributed by atoms with Gasteiger partial charge in [-0.25, -0.2) is 12.8 Å². The van der Waals surface area contributed by atoms with E-state index in [0.29, 0.717) is 36.4 Å². The zero-order valence-corrected chi connectivity index (χ0v) is 22.8. The van der Waals surface area contributed by atoms with Crippen molar-refractivity contribution >= 4 is 33.4 Å². The van der Waals surface area contributed by atoms with E-state index in [-0.39, 0.29) is 35.0 Å². The van der Waals surface area contributed by atoms with Gasteiger partial charge in [0.2, 0.25) is 15.9 Å². The molecule has 1 atom stereocenters. The molecule has 1 saturated heterocycles.